The molecule has 1 saturated heterocycles. The number of esters is 1. The number of carbonyl (C=O) groups is 5. The van der Waals surface area contributed by atoms with E-state index in [0.29, 0.717) is 37.8 Å². The number of nitrogens with zero attached hydrogens (tertiary/aromatic N) is 2. The summed E-state index contributed by atoms with van der Waals surface area (Å²) >= 11 is 0. The molecule has 0 radical (unpaired) electrons. The summed E-state index contributed by atoms with van der Waals surface area (Å²) in [6.45, 7) is 23.2. The number of amides is 3. The van der Waals surface area contributed by atoms with E-state index >= 15 is 0 Å². The predicted octanol–water partition coefficient (Wildman–Crippen LogP) is 7.53. The second-order valence-corrected chi connectivity index (χ2v) is 20.0. The third kappa shape index (κ3) is 18.5. The van der Waals surface area contributed by atoms with Crippen LogP contribution in [0.25, 0.3) is 0 Å². The van der Waals surface area contributed by atoms with Gasteiger partial charge in [0.2, 0.25) is 17.7 Å². The highest BCUT2D eigenvalue weighted by atomic mass is 16.6. The number of benzene rings is 1. The van der Waals surface area contributed by atoms with Crippen molar-refractivity contribution in [1.29, 1.82) is 0 Å². The summed E-state index contributed by atoms with van der Waals surface area (Å²) in [4.78, 5) is 70.2. The van der Waals surface area contributed by atoms with E-state index in [4.69, 9.17) is 19.3 Å². The first kappa shape index (κ1) is 55.6. The zero-order chi connectivity index (χ0) is 47.6. The van der Waals surface area contributed by atoms with E-state index < -0.39 is 35.6 Å². The van der Waals surface area contributed by atoms with E-state index in [1.165, 1.54) is 0 Å². The number of rotatable bonds is 28. The number of ether oxygens (including phenoxy) is 3. The van der Waals surface area contributed by atoms with Gasteiger partial charge in [0, 0.05) is 39.6 Å². The van der Waals surface area contributed by atoms with Gasteiger partial charge in [0.25, 0.3) is 0 Å². The van der Waals surface area contributed by atoms with Gasteiger partial charge < -0.3 is 34.9 Å². The highest BCUT2D eigenvalue weighted by Crippen LogP contribution is 2.33. The summed E-state index contributed by atoms with van der Waals surface area (Å²) in [7, 11) is 5.15. The lowest BCUT2D eigenvalue weighted by Gasteiger charge is -2.36. The topological polar surface area (TPSA) is 164 Å². The second kappa shape index (κ2) is 27.0. The molecule has 0 aromatic heterocycles. The fraction of sp³-hybridized carbons (Fsp3) is 0.780. The van der Waals surface area contributed by atoms with Crippen molar-refractivity contribution in [2.24, 2.45) is 35.5 Å². The maximum absolute atomic E-state index is 14.3. The van der Waals surface area contributed by atoms with Crippen LogP contribution in [0, 0.1) is 35.5 Å². The van der Waals surface area contributed by atoms with Gasteiger partial charge in [-0.2, -0.15) is 0 Å². The molecule has 63 heavy (non-hydrogen) atoms. The lowest BCUT2D eigenvalue weighted by molar-refractivity contribution is -0.159. The van der Waals surface area contributed by atoms with E-state index in [1.807, 2.05) is 61.0 Å². The number of methoxy groups -OCH3 is 2. The Balaban J connectivity index is 2.16. The summed E-state index contributed by atoms with van der Waals surface area (Å²) in [5.41, 5.74) is 0.166. The molecule has 0 aliphatic carbocycles. The van der Waals surface area contributed by atoms with Crippen molar-refractivity contribution in [1.82, 2.24) is 20.4 Å². The van der Waals surface area contributed by atoms with Gasteiger partial charge in [0.1, 0.15) is 11.6 Å². The summed E-state index contributed by atoms with van der Waals surface area (Å²) in [5.74, 6) is -1.39. The molecule has 2 rings (SSSR count). The van der Waals surface area contributed by atoms with Gasteiger partial charge in [-0.25, -0.2) is 4.79 Å². The van der Waals surface area contributed by atoms with Crippen LogP contribution in [-0.2, 0) is 44.6 Å². The standard InChI is InChI=1S/C50H86N4O9/c1-15-35(7)38(26-25-34(6)29-39(32(2)3)51-48(59)45(33(4)5)53(12)27-20-24-44(56)57)42(61-13)31-43(55)54-28-19-23-41(54)46(62-14)36(8)47(58)52-40(49(60)63-50(9,10)11)30-37-21-17-16-18-22-37/h16-18,21-22,32-36,38-42,45-46H,15,19-20,23-31H2,1-14H3,(H,51,59)(H,52,58)(H,56,57)/t34?,35-,36+,38-,39+,40-,41-,42+,45-,46+/m0/s1. The third-order valence-corrected chi connectivity index (χ3v) is 13.1. The smallest absolute Gasteiger partial charge is 0.329 e. The van der Waals surface area contributed by atoms with Gasteiger partial charge in [0.05, 0.1) is 36.6 Å². The minimum absolute atomic E-state index is 0.0220. The first-order valence-electron chi connectivity index (χ1n) is 23.7. The molecule has 360 valence electrons. The Labute approximate surface area is 380 Å². The van der Waals surface area contributed by atoms with Crippen LogP contribution in [0.15, 0.2) is 30.3 Å². The monoisotopic (exact) mass is 887 g/mol. The van der Waals surface area contributed by atoms with Crippen molar-refractivity contribution >= 4 is 29.7 Å². The molecule has 1 aliphatic heterocycles. The number of carbonyl (C=O) groups excluding carboxylic acids is 4. The summed E-state index contributed by atoms with van der Waals surface area (Å²) in [5, 5.41) is 15.4. The first-order chi connectivity index (χ1) is 29.5. The van der Waals surface area contributed by atoms with Crippen LogP contribution in [0.3, 0.4) is 0 Å². The molecular formula is C50H86N4O9. The Hall–Kier alpha value is -3.55. The molecule has 1 aliphatic rings. The van der Waals surface area contributed by atoms with Gasteiger partial charge >= 0.3 is 11.9 Å². The average molecular weight is 887 g/mol. The third-order valence-electron chi connectivity index (χ3n) is 13.1. The zero-order valence-electron chi connectivity index (χ0n) is 41.4. The number of likely N-dealkylation sites (N-methyl/N-ethyl adjacent to an activating group) is 1. The van der Waals surface area contributed by atoms with Crippen molar-refractivity contribution < 1.29 is 43.3 Å². The van der Waals surface area contributed by atoms with Crippen LogP contribution in [0.2, 0.25) is 0 Å². The Morgan fingerprint density at radius 2 is 1.56 bits per heavy atom. The Morgan fingerprint density at radius 3 is 2.10 bits per heavy atom. The zero-order valence-corrected chi connectivity index (χ0v) is 41.4. The molecule has 0 saturated carbocycles. The Kier molecular flexibility index (Phi) is 23.9. The fourth-order valence-corrected chi connectivity index (χ4v) is 9.27. The number of likely N-dealkylation sites (tertiary alicyclic amines) is 1. The number of hydrogen-bond acceptors (Lipinski definition) is 9. The van der Waals surface area contributed by atoms with Crippen molar-refractivity contribution in [3.63, 3.8) is 0 Å². The normalized spacial score (nSPS) is 18.9. The molecule has 1 aromatic carbocycles. The van der Waals surface area contributed by atoms with E-state index in [2.05, 4.69) is 45.3 Å². The summed E-state index contributed by atoms with van der Waals surface area (Å²) in [6, 6.07) is 7.91. The number of hydrogen-bond donors (Lipinski definition) is 3. The predicted molar refractivity (Wildman–Crippen MR) is 249 cm³/mol. The van der Waals surface area contributed by atoms with E-state index in [1.54, 1.807) is 41.9 Å². The largest absolute Gasteiger partial charge is 0.481 e. The van der Waals surface area contributed by atoms with Crippen LogP contribution in [0.1, 0.15) is 140 Å². The van der Waals surface area contributed by atoms with Crippen LogP contribution in [-0.4, -0.2) is 121 Å². The SMILES string of the molecule is CC[C@H](C)[C@H](CCC(C)C[C@@H](NC(=O)[C@H](C(C)C)N(C)CCCC(=O)O)C(C)C)[C@@H](CC(=O)N1CCC[C@H]1[C@H](OC)[C@@H](C)C(=O)N[C@@H](Cc1ccccc1)C(=O)OC(C)(C)C)OC. The van der Waals surface area contributed by atoms with Crippen molar-refractivity contribution in [3.8, 4) is 0 Å². The molecule has 1 heterocycles. The van der Waals surface area contributed by atoms with E-state index in [-0.39, 0.29) is 79.0 Å². The second-order valence-electron chi connectivity index (χ2n) is 20.0. The summed E-state index contributed by atoms with van der Waals surface area (Å²) < 4.78 is 17.9. The molecule has 0 spiro atoms. The number of carboxylic acid groups (broad SMARTS) is 1. The lowest BCUT2D eigenvalue weighted by atomic mass is 9.79. The molecular weight excluding hydrogens is 801 g/mol. The quantitative estimate of drug-likeness (QED) is 0.0717. The van der Waals surface area contributed by atoms with Crippen LogP contribution in [0.4, 0.5) is 0 Å². The molecule has 13 nitrogen and oxygen atoms in total. The molecule has 0 bridgehead atoms. The van der Waals surface area contributed by atoms with Gasteiger partial charge in [-0.1, -0.05) is 98.6 Å². The lowest BCUT2D eigenvalue weighted by Crippen LogP contribution is -2.53. The Morgan fingerprint density at radius 1 is 0.905 bits per heavy atom. The average Bonchev–Trinajstić information content (AvgIpc) is 3.69. The van der Waals surface area contributed by atoms with E-state index in [0.717, 1.165) is 37.7 Å². The summed E-state index contributed by atoms with van der Waals surface area (Å²) in [6.07, 6.45) is 5.15. The van der Waals surface area contributed by atoms with Gasteiger partial charge in [-0.15, -0.1) is 0 Å². The van der Waals surface area contributed by atoms with Gasteiger partial charge in [-0.3, -0.25) is 24.1 Å². The molecule has 3 N–H and O–H groups in total. The minimum Gasteiger partial charge on any atom is -0.481 e. The number of carboxylic acids is 1. The molecule has 10 atom stereocenters. The minimum atomic E-state index is -0.898. The molecule has 1 fully saturated rings. The van der Waals surface area contributed by atoms with Crippen molar-refractivity contribution in [2.45, 2.75) is 182 Å². The van der Waals surface area contributed by atoms with E-state index in [9.17, 15) is 24.0 Å². The molecule has 13 heteroatoms. The highest BCUT2D eigenvalue weighted by Gasteiger charge is 2.42. The maximum atomic E-state index is 14.3. The van der Waals surface area contributed by atoms with Crippen LogP contribution in [0.5, 0.6) is 0 Å². The Bertz CT molecular complexity index is 1550. The van der Waals surface area contributed by atoms with Gasteiger partial charge in [0.15, 0.2) is 0 Å². The van der Waals surface area contributed by atoms with Crippen molar-refractivity contribution in [3.05, 3.63) is 35.9 Å². The number of nitrogens with one attached hydrogen (secondary N) is 2. The molecule has 1 aromatic rings. The van der Waals surface area contributed by atoms with Crippen molar-refractivity contribution in [2.75, 3.05) is 34.4 Å². The van der Waals surface area contributed by atoms with Gasteiger partial charge in [-0.05, 0) is 102 Å². The molecule has 3 amide bonds. The maximum Gasteiger partial charge on any atom is 0.329 e. The van der Waals surface area contributed by atoms with Crippen LogP contribution >= 0.6 is 0 Å². The molecule has 1 unspecified atom stereocenters. The highest BCUT2D eigenvalue weighted by molar-refractivity contribution is 5.86. The fourth-order valence-electron chi connectivity index (χ4n) is 9.27. The first-order valence-corrected chi connectivity index (χ1v) is 23.7. The van der Waals surface area contributed by atoms with Crippen LogP contribution < -0.4 is 10.6 Å². The number of aliphatic carboxylic acids is 1.